The molecule has 2 aliphatic rings. The second kappa shape index (κ2) is 9.00. The molecule has 0 bridgehead atoms. The van der Waals surface area contributed by atoms with Crippen LogP contribution in [0.4, 0.5) is 5.13 Å². The van der Waals surface area contributed by atoms with E-state index in [0.29, 0.717) is 19.1 Å². The number of hydrogen-bond acceptors (Lipinski definition) is 5. The fourth-order valence-electron chi connectivity index (χ4n) is 4.56. The number of nitrogens with zero attached hydrogens (tertiary/aromatic N) is 3. The summed E-state index contributed by atoms with van der Waals surface area (Å²) in [5.74, 6) is 0.161. The second-order valence-corrected chi connectivity index (χ2v) is 10.2. The van der Waals surface area contributed by atoms with Gasteiger partial charge in [-0.25, -0.2) is 4.98 Å². The molecule has 30 heavy (non-hydrogen) atoms. The number of hydrogen-bond donors (Lipinski definition) is 0. The first-order valence-electron chi connectivity index (χ1n) is 10.9. The standard InChI is InChI=1S/C24H27N3OS2/c28-23(17-26-14-6-11-20(26)22-13-7-15-29-22)27(16-18-8-2-1-3-9-18)24-25-19-10-4-5-12-21(19)30-24/h1-3,7-9,13,15,20H,4-6,10-12,14,16-17H2/t20-/m1/s1. The number of amides is 1. The van der Waals surface area contributed by atoms with Gasteiger partial charge in [-0.2, -0.15) is 0 Å². The van der Waals surface area contributed by atoms with Gasteiger partial charge in [0.25, 0.3) is 0 Å². The van der Waals surface area contributed by atoms with Crippen molar-refractivity contribution in [1.82, 2.24) is 9.88 Å². The molecule has 0 spiro atoms. The van der Waals surface area contributed by atoms with Gasteiger partial charge in [0, 0.05) is 15.8 Å². The molecule has 0 unspecified atom stereocenters. The third-order valence-corrected chi connectivity index (χ3v) is 8.28. The van der Waals surface area contributed by atoms with Crippen molar-refractivity contribution in [3.8, 4) is 0 Å². The van der Waals surface area contributed by atoms with E-state index in [1.165, 1.54) is 28.3 Å². The van der Waals surface area contributed by atoms with Crippen LogP contribution < -0.4 is 4.90 Å². The Kier molecular flexibility index (Phi) is 5.97. The van der Waals surface area contributed by atoms with E-state index in [1.54, 1.807) is 22.7 Å². The molecule has 1 atom stereocenters. The number of fused-ring (bicyclic) bond motifs is 1. The fraction of sp³-hybridized carbons (Fsp3) is 0.417. The van der Waals surface area contributed by atoms with Gasteiger partial charge in [0.2, 0.25) is 5.91 Å². The highest BCUT2D eigenvalue weighted by Gasteiger charge is 2.31. The first-order chi connectivity index (χ1) is 14.8. The van der Waals surface area contributed by atoms with Crippen molar-refractivity contribution in [3.63, 3.8) is 0 Å². The first kappa shape index (κ1) is 19.9. The Hall–Kier alpha value is -2.02. The molecule has 3 aromatic rings. The van der Waals surface area contributed by atoms with E-state index < -0.39 is 0 Å². The summed E-state index contributed by atoms with van der Waals surface area (Å²) >= 11 is 3.52. The van der Waals surface area contributed by atoms with E-state index >= 15 is 0 Å². The third-order valence-electron chi connectivity index (χ3n) is 6.12. The minimum absolute atomic E-state index is 0.161. The molecule has 1 saturated heterocycles. The SMILES string of the molecule is O=C(CN1CCC[C@@H]1c1cccs1)N(Cc1ccccc1)c1nc2c(s1)CCCC2. The van der Waals surface area contributed by atoms with Crippen molar-refractivity contribution >= 4 is 33.7 Å². The quantitative estimate of drug-likeness (QED) is 0.514. The Morgan fingerprint density at radius 1 is 1.10 bits per heavy atom. The van der Waals surface area contributed by atoms with Crippen LogP contribution in [-0.4, -0.2) is 28.9 Å². The van der Waals surface area contributed by atoms with Crippen LogP contribution in [0.15, 0.2) is 47.8 Å². The molecule has 0 radical (unpaired) electrons. The molecule has 3 heterocycles. The topological polar surface area (TPSA) is 36.4 Å². The van der Waals surface area contributed by atoms with Crippen molar-refractivity contribution in [2.45, 2.75) is 51.1 Å². The van der Waals surface area contributed by atoms with Crippen molar-refractivity contribution in [2.24, 2.45) is 0 Å². The molecule has 1 aliphatic carbocycles. The summed E-state index contributed by atoms with van der Waals surface area (Å²) in [6, 6.07) is 15.0. The summed E-state index contributed by atoms with van der Waals surface area (Å²) in [5, 5.41) is 3.01. The summed E-state index contributed by atoms with van der Waals surface area (Å²) in [4.78, 5) is 25.5. The number of rotatable bonds is 6. The maximum Gasteiger partial charge on any atom is 0.243 e. The number of aromatic nitrogens is 1. The van der Waals surface area contributed by atoms with Crippen LogP contribution in [0.1, 0.15) is 52.7 Å². The lowest BCUT2D eigenvalue weighted by atomic mass is 10.0. The van der Waals surface area contributed by atoms with Gasteiger partial charge in [-0.15, -0.1) is 22.7 Å². The van der Waals surface area contributed by atoms with E-state index in [9.17, 15) is 4.79 Å². The Balaban J connectivity index is 1.39. The van der Waals surface area contributed by atoms with E-state index in [4.69, 9.17) is 4.98 Å². The average molecular weight is 438 g/mol. The molecule has 1 aromatic carbocycles. The van der Waals surface area contributed by atoms with Gasteiger partial charge in [0.05, 0.1) is 18.8 Å². The summed E-state index contributed by atoms with van der Waals surface area (Å²) in [6.07, 6.45) is 6.88. The predicted octanol–water partition coefficient (Wildman–Crippen LogP) is 5.45. The minimum atomic E-state index is 0.161. The van der Waals surface area contributed by atoms with Gasteiger partial charge in [-0.1, -0.05) is 36.4 Å². The normalized spacial score (nSPS) is 19.0. The summed E-state index contributed by atoms with van der Waals surface area (Å²) in [5.41, 5.74) is 2.36. The van der Waals surface area contributed by atoms with Crippen LogP contribution in [0.5, 0.6) is 0 Å². The van der Waals surface area contributed by atoms with Crippen LogP contribution in [0.2, 0.25) is 0 Å². The highest BCUT2D eigenvalue weighted by Crippen LogP contribution is 2.36. The Bertz CT molecular complexity index is 960. The van der Waals surface area contributed by atoms with Gasteiger partial charge in [0.15, 0.2) is 5.13 Å². The summed E-state index contributed by atoms with van der Waals surface area (Å²) < 4.78 is 0. The molecule has 1 fully saturated rings. The molecule has 6 heteroatoms. The van der Waals surface area contributed by atoms with Crippen LogP contribution in [-0.2, 0) is 24.2 Å². The predicted molar refractivity (Wildman–Crippen MR) is 124 cm³/mol. The molecular weight excluding hydrogens is 410 g/mol. The average Bonchev–Trinajstić information content (AvgIpc) is 3.52. The van der Waals surface area contributed by atoms with E-state index in [-0.39, 0.29) is 5.91 Å². The Morgan fingerprint density at radius 3 is 2.77 bits per heavy atom. The Morgan fingerprint density at radius 2 is 1.97 bits per heavy atom. The van der Waals surface area contributed by atoms with Crippen molar-refractivity contribution < 1.29 is 4.79 Å². The number of thiazole rings is 1. The maximum absolute atomic E-state index is 13.6. The van der Waals surface area contributed by atoms with Crippen LogP contribution >= 0.6 is 22.7 Å². The number of benzene rings is 1. The number of carbonyl (C=O) groups is 1. The number of anilines is 1. The Labute approximate surface area is 186 Å². The zero-order valence-corrected chi connectivity index (χ0v) is 18.8. The number of aryl methyl sites for hydroxylation is 2. The highest BCUT2D eigenvalue weighted by atomic mass is 32.1. The fourth-order valence-corrected chi connectivity index (χ4v) is 6.62. The second-order valence-electron chi connectivity index (χ2n) is 8.18. The zero-order chi connectivity index (χ0) is 20.3. The molecule has 156 valence electrons. The summed E-state index contributed by atoms with van der Waals surface area (Å²) in [7, 11) is 0. The molecule has 0 N–H and O–H groups in total. The van der Waals surface area contributed by atoms with Gasteiger partial charge < -0.3 is 0 Å². The summed E-state index contributed by atoms with van der Waals surface area (Å²) in [6.45, 7) is 2.03. The lowest BCUT2D eigenvalue weighted by molar-refractivity contribution is -0.120. The van der Waals surface area contributed by atoms with Gasteiger partial charge in [-0.05, 0) is 62.1 Å². The van der Waals surface area contributed by atoms with E-state index in [2.05, 4.69) is 34.5 Å². The molecule has 5 rings (SSSR count). The molecule has 1 aliphatic heterocycles. The van der Waals surface area contributed by atoms with Crippen molar-refractivity contribution in [1.29, 1.82) is 0 Å². The van der Waals surface area contributed by atoms with Crippen LogP contribution in [0, 0.1) is 0 Å². The van der Waals surface area contributed by atoms with E-state index in [0.717, 1.165) is 42.9 Å². The molecule has 0 saturated carbocycles. The maximum atomic E-state index is 13.6. The van der Waals surface area contributed by atoms with E-state index in [1.807, 2.05) is 23.1 Å². The minimum Gasteiger partial charge on any atom is -0.287 e. The van der Waals surface area contributed by atoms with Crippen LogP contribution in [0.3, 0.4) is 0 Å². The lowest BCUT2D eigenvalue weighted by Crippen LogP contribution is -2.40. The largest absolute Gasteiger partial charge is 0.287 e. The first-order valence-corrected chi connectivity index (χ1v) is 12.6. The van der Waals surface area contributed by atoms with Gasteiger partial charge in [0.1, 0.15) is 0 Å². The highest BCUT2D eigenvalue weighted by molar-refractivity contribution is 7.16. The zero-order valence-electron chi connectivity index (χ0n) is 17.1. The molecule has 1 amide bonds. The monoisotopic (exact) mass is 437 g/mol. The smallest absolute Gasteiger partial charge is 0.243 e. The van der Waals surface area contributed by atoms with Gasteiger partial charge >= 0.3 is 0 Å². The number of carbonyl (C=O) groups excluding carboxylic acids is 1. The number of thiophene rings is 1. The molecule has 2 aromatic heterocycles. The van der Waals surface area contributed by atoms with Gasteiger partial charge in [-0.3, -0.25) is 14.6 Å². The third kappa shape index (κ3) is 4.22. The van der Waals surface area contributed by atoms with Crippen molar-refractivity contribution in [3.05, 3.63) is 68.9 Å². The molecular formula is C24H27N3OS2. The molecule has 4 nitrogen and oxygen atoms in total. The van der Waals surface area contributed by atoms with Crippen LogP contribution in [0.25, 0.3) is 0 Å². The lowest BCUT2D eigenvalue weighted by Gasteiger charge is -2.27. The van der Waals surface area contributed by atoms with Crippen molar-refractivity contribution in [2.75, 3.05) is 18.0 Å². The number of likely N-dealkylation sites (tertiary alicyclic amines) is 1.